The van der Waals surface area contributed by atoms with Crippen molar-refractivity contribution < 1.29 is 22.0 Å². The molecule has 0 aromatic carbocycles. The molecule has 2 N–H and O–H groups in total. The highest BCUT2D eigenvalue weighted by atomic mass is 32.2. The lowest BCUT2D eigenvalue weighted by Crippen LogP contribution is -2.36. The number of aromatic nitrogens is 2. The zero-order valence-corrected chi connectivity index (χ0v) is 13.6. The lowest BCUT2D eigenvalue weighted by atomic mass is 10.2. The van der Waals surface area contributed by atoms with Gasteiger partial charge in [0.05, 0.1) is 4.21 Å². The molecule has 4 nitrogen and oxygen atoms in total. The van der Waals surface area contributed by atoms with Crippen molar-refractivity contribution in [3.05, 3.63) is 21.1 Å². The van der Waals surface area contributed by atoms with Gasteiger partial charge in [0, 0.05) is 22.7 Å². The number of hydrogen-bond donors (Lipinski definition) is 1. The van der Waals surface area contributed by atoms with Crippen LogP contribution in [0, 0.1) is 13.8 Å². The number of imidazole rings is 1. The summed E-state index contributed by atoms with van der Waals surface area (Å²) in [6.07, 6.45) is -6.93. The Balaban J connectivity index is 2.28. The molecule has 2 aliphatic rings. The highest BCUT2D eigenvalue weighted by Gasteiger charge is 2.56. The number of rotatable bonds is 4. The summed E-state index contributed by atoms with van der Waals surface area (Å²) in [6.45, 7) is 3.39. The van der Waals surface area contributed by atoms with Gasteiger partial charge in [0.25, 0.3) is 0 Å². The van der Waals surface area contributed by atoms with Crippen LogP contribution in [-0.4, -0.2) is 27.4 Å². The average molecular weight is 373 g/mol. The van der Waals surface area contributed by atoms with Gasteiger partial charge >= 0.3 is 17.8 Å². The van der Waals surface area contributed by atoms with Crippen molar-refractivity contribution in [1.29, 1.82) is 0 Å². The quantitative estimate of drug-likeness (QED) is 0.657. The summed E-state index contributed by atoms with van der Waals surface area (Å²) in [7, 11) is 0. The minimum Gasteiger partial charge on any atom is -0.382 e. The van der Waals surface area contributed by atoms with Crippen molar-refractivity contribution in [3.63, 3.8) is 0 Å². The second kappa shape index (κ2) is 5.93. The third-order valence-corrected chi connectivity index (χ3v) is 5.67. The highest BCUT2D eigenvalue weighted by molar-refractivity contribution is 8.01. The summed E-state index contributed by atoms with van der Waals surface area (Å²) < 4.78 is 64.0. The van der Waals surface area contributed by atoms with Gasteiger partial charge in [-0.25, -0.2) is 4.79 Å². The Morgan fingerprint density at radius 3 is 2.43 bits per heavy atom. The van der Waals surface area contributed by atoms with Crippen LogP contribution in [0.4, 0.5) is 27.8 Å². The Morgan fingerprint density at radius 2 is 1.87 bits per heavy atom. The first kappa shape index (κ1) is 18.0. The van der Waals surface area contributed by atoms with Crippen molar-refractivity contribution in [1.82, 2.24) is 9.55 Å². The first-order chi connectivity index (χ1) is 10.5. The molecule has 0 amide bonds. The van der Waals surface area contributed by atoms with Crippen LogP contribution >= 0.6 is 23.1 Å². The van der Waals surface area contributed by atoms with Gasteiger partial charge in [-0.1, -0.05) is 0 Å². The Morgan fingerprint density at radius 1 is 1.26 bits per heavy atom. The molecule has 11 heteroatoms. The molecule has 0 saturated carbocycles. The van der Waals surface area contributed by atoms with Gasteiger partial charge in [-0.2, -0.15) is 26.9 Å². The molecule has 2 rings (SSSR count). The van der Waals surface area contributed by atoms with Gasteiger partial charge in [0.1, 0.15) is 5.69 Å². The molecule has 23 heavy (non-hydrogen) atoms. The number of halogens is 5. The Kier molecular flexibility index (Phi) is 4.64. The number of anilines is 1. The third kappa shape index (κ3) is 3.30. The second-order valence-corrected chi connectivity index (χ2v) is 7.38. The predicted octanol–water partition coefficient (Wildman–Crippen LogP) is 3.61. The van der Waals surface area contributed by atoms with E-state index in [1.165, 1.54) is 15.9 Å². The minimum atomic E-state index is -5.58. The highest BCUT2D eigenvalue weighted by Crippen LogP contribution is 2.42. The number of nitrogens with zero attached hydrogens (tertiary/aromatic N) is 2. The molecule has 0 fully saturated rings. The Bertz CT molecular complexity index is 753. The fraction of sp³-hybridized carbons (Fsp3) is 0.500. The van der Waals surface area contributed by atoms with Gasteiger partial charge in [0.15, 0.2) is 5.82 Å². The van der Waals surface area contributed by atoms with Crippen molar-refractivity contribution in [2.24, 2.45) is 0 Å². The molecule has 0 unspecified atom stereocenters. The fourth-order valence-electron chi connectivity index (χ4n) is 1.85. The van der Waals surface area contributed by atoms with Crippen molar-refractivity contribution in [2.45, 2.75) is 36.6 Å². The maximum Gasteiger partial charge on any atom is 0.453 e. The molecule has 0 aromatic rings. The molecule has 0 aromatic heterocycles. The van der Waals surface area contributed by atoms with E-state index >= 15 is 0 Å². The van der Waals surface area contributed by atoms with E-state index in [2.05, 4.69) is 4.98 Å². The first-order valence-electron chi connectivity index (χ1n) is 6.31. The average Bonchev–Trinajstić information content (AvgIpc) is 2.69. The van der Waals surface area contributed by atoms with E-state index < -0.39 is 30.0 Å². The van der Waals surface area contributed by atoms with Crippen LogP contribution in [0.2, 0.25) is 0 Å². The number of thioether (sulfide) groups is 1. The maximum atomic E-state index is 12.9. The molecule has 0 aliphatic carbocycles. The van der Waals surface area contributed by atoms with E-state index in [0.717, 1.165) is 16.6 Å². The molecule has 2 aliphatic heterocycles. The van der Waals surface area contributed by atoms with Gasteiger partial charge in [-0.15, -0.1) is 23.1 Å². The summed E-state index contributed by atoms with van der Waals surface area (Å²) in [5, 5.41) is 0. The summed E-state index contributed by atoms with van der Waals surface area (Å²) in [5.74, 6) is -5.30. The molecule has 2 heterocycles. The maximum absolute atomic E-state index is 12.9. The number of alkyl halides is 5. The van der Waals surface area contributed by atoms with Gasteiger partial charge in [-0.3, -0.25) is 4.57 Å². The smallest absolute Gasteiger partial charge is 0.382 e. The van der Waals surface area contributed by atoms with Crippen LogP contribution in [-0.2, 0) is 0 Å². The second-order valence-electron chi connectivity index (χ2n) is 4.80. The molecule has 0 bridgehead atoms. The molecule has 0 saturated heterocycles. The normalized spacial score (nSPS) is 13.0. The SMILES string of the molecule is Cc1sc(SCCC(F)(F)C(F)(F)F)c2c(N)nc(=O)n-2c1C. The molecular formula is C12H12F5N3OS2. The number of fused-ring (bicyclic) bond motifs is 1. The summed E-state index contributed by atoms with van der Waals surface area (Å²) >= 11 is 1.98. The van der Waals surface area contributed by atoms with Crippen LogP contribution in [0.15, 0.2) is 9.00 Å². The zero-order chi connectivity index (χ0) is 17.6. The first-order valence-corrected chi connectivity index (χ1v) is 8.11. The number of aryl methyl sites for hydroxylation is 1. The molecule has 128 valence electrons. The van der Waals surface area contributed by atoms with Gasteiger partial charge < -0.3 is 5.73 Å². The van der Waals surface area contributed by atoms with E-state index in [1.54, 1.807) is 13.8 Å². The zero-order valence-electron chi connectivity index (χ0n) is 12.0. The number of nitrogen functional groups attached to an aromatic ring is 1. The molecular weight excluding hydrogens is 361 g/mol. The predicted molar refractivity (Wildman–Crippen MR) is 79.1 cm³/mol. The molecule has 0 radical (unpaired) electrons. The topological polar surface area (TPSA) is 60.9 Å². The van der Waals surface area contributed by atoms with E-state index in [9.17, 15) is 26.7 Å². The monoisotopic (exact) mass is 373 g/mol. The van der Waals surface area contributed by atoms with Gasteiger partial charge in [-0.05, 0) is 13.8 Å². The van der Waals surface area contributed by atoms with Crippen molar-refractivity contribution in [2.75, 3.05) is 11.5 Å². The largest absolute Gasteiger partial charge is 0.453 e. The van der Waals surface area contributed by atoms with Crippen LogP contribution in [0.25, 0.3) is 5.69 Å². The number of hydrogen-bond acceptors (Lipinski definition) is 5. The van der Waals surface area contributed by atoms with E-state index in [-0.39, 0.29) is 11.5 Å². The van der Waals surface area contributed by atoms with E-state index in [1.807, 2.05) is 0 Å². The fourth-order valence-corrected chi connectivity index (χ4v) is 4.40. The minimum absolute atomic E-state index is 0.0700. The molecule has 0 spiro atoms. The lowest BCUT2D eigenvalue weighted by Gasteiger charge is -2.19. The van der Waals surface area contributed by atoms with Crippen LogP contribution in [0.5, 0.6) is 0 Å². The van der Waals surface area contributed by atoms with Crippen molar-refractivity contribution >= 4 is 28.9 Å². The van der Waals surface area contributed by atoms with E-state index in [0.29, 0.717) is 9.90 Å². The van der Waals surface area contributed by atoms with Crippen LogP contribution in [0.3, 0.4) is 0 Å². The van der Waals surface area contributed by atoms with Crippen LogP contribution in [0.1, 0.15) is 17.0 Å². The third-order valence-electron chi connectivity index (χ3n) is 3.22. The molecule has 0 atom stereocenters. The van der Waals surface area contributed by atoms with Gasteiger partial charge in [0.2, 0.25) is 0 Å². The summed E-state index contributed by atoms with van der Waals surface area (Å²) in [4.78, 5) is 16.1. The standard InChI is InChI=1S/C12H12F5N3OS2/c1-5-6(2)23-9(7-8(18)19-10(21)20(5)7)22-4-3-11(13,14)12(15,16)17/h3-4H2,1-2H3,(H2,18,19,21). The van der Waals surface area contributed by atoms with Crippen molar-refractivity contribution in [3.8, 4) is 5.69 Å². The Labute approximate surface area is 135 Å². The summed E-state index contributed by atoms with van der Waals surface area (Å²) in [5.41, 5.74) is 5.91. The van der Waals surface area contributed by atoms with Crippen LogP contribution < -0.4 is 11.4 Å². The summed E-state index contributed by atoms with van der Waals surface area (Å²) in [6, 6.07) is 0. The Hall–Kier alpha value is -1.36. The van der Waals surface area contributed by atoms with E-state index in [4.69, 9.17) is 5.73 Å². The number of nitrogens with two attached hydrogens (primary N) is 1. The lowest BCUT2D eigenvalue weighted by molar-refractivity contribution is -0.282.